The van der Waals surface area contributed by atoms with Gasteiger partial charge in [0.25, 0.3) is 0 Å². The summed E-state index contributed by atoms with van der Waals surface area (Å²) in [6, 6.07) is 6.33. The van der Waals surface area contributed by atoms with Gasteiger partial charge in [0.1, 0.15) is 5.75 Å². The van der Waals surface area contributed by atoms with E-state index in [0.29, 0.717) is 0 Å². The molecule has 0 saturated carbocycles. The van der Waals surface area contributed by atoms with Crippen molar-refractivity contribution in [3.8, 4) is 5.75 Å². The Hall–Kier alpha value is -2.78. The molecule has 0 aliphatic carbocycles. The first-order valence-corrected chi connectivity index (χ1v) is 9.02. The average molecular weight is 344 g/mol. The lowest BCUT2D eigenvalue weighted by atomic mass is 9.94. The highest BCUT2D eigenvalue weighted by Gasteiger charge is 2.20. The lowest BCUT2D eigenvalue weighted by Gasteiger charge is -2.31. The van der Waals surface area contributed by atoms with Crippen LogP contribution in [-0.2, 0) is 0 Å². The number of methoxy groups -OCH3 is 1. The van der Waals surface area contributed by atoms with Crippen LogP contribution in [0.2, 0.25) is 0 Å². The number of aryl methyl sites for hydroxylation is 1. The minimum atomic E-state index is 0.911. The molecule has 26 heavy (non-hydrogen) atoms. The van der Waals surface area contributed by atoms with E-state index < -0.39 is 0 Å². The molecular weight excluding hydrogens is 320 g/mol. The van der Waals surface area contributed by atoms with Crippen LogP contribution in [0.1, 0.15) is 17.5 Å². The van der Waals surface area contributed by atoms with E-state index >= 15 is 0 Å². The lowest BCUT2D eigenvalue weighted by molar-refractivity contribution is 0.411. The minimum Gasteiger partial charge on any atom is -0.496 e. The zero-order valence-corrected chi connectivity index (χ0v) is 15.4. The number of benzene rings is 1. The Balaban J connectivity index is 1.64. The number of nitrogens with one attached hydrogen (secondary N) is 1. The summed E-state index contributed by atoms with van der Waals surface area (Å²) >= 11 is 0. The molecule has 132 valence electrons. The fourth-order valence-electron chi connectivity index (χ4n) is 3.57. The molecule has 3 aliphatic rings. The number of fused-ring (bicyclic) bond motifs is 1. The molecule has 4 rings (SSSR count). The zero-order valence-electron chi connectivity index (χ0n) is 15.4. The summed E-state index contributed by atoms with van der Waals surface area (Å²) in [7, 11) is 1.71. The van der Waals surface area contributed by atoms with Gasteiger partial charge in [0.05, 0.1) is 7.11 Å². The van der Waals surface area contributed by atoms with Crippen LogP contribution >= 0.6 is 0 Å². The van der Waals surface area contributed by atoms with E-state index in [1.807, 2.05) is 0 Å². The fourth-order valence-corrected chi connectivity index (χ4v) is 3.57. The highest BCUT2D eigenvalue weighted by atomic mass is 16.5. The fraction of sp³-hybridized carbons (Fsp3) is 0.217. The number of hydrogen-bond donors (Lipinski definition) is 1. The molecule has 0 unspecified atom stereocenters. The summed E-state index contributed by atoms with van der Waals surface area (Å²) in [5.41, 5.74) is 8.25. The third-order valence-electron chi connectivity index (χ3n) is 5.09. The van der Waals surface area contributed by atoms with Crippen molar-refractivity contribution in [2.75, 3.05) is 20.2 Å². The molecule has 1 aromatic rings. The van der Waals surface area contributed by atoms with Gasteiger partial charge in [0.2, 0.25) is 0 Å². The first kappa shape index (κ1) is 16.7. The number of ether oxygens (including phenoxy) is 1. The van der Waals surface area contributed by atoms with Crippen molar-refractivity contribution < 1.29 is 4.74 Å². The lowest BCUT2D eigenvalue weighted by Crippen LogP contribution is -2.23. The van der Waals surface area contributed by atoms with Crippen LogP contribution in [0.25, 0.3) is 5.57 Å². The third-order valence-corrected chi connectivity index (χ3v) is 5.09. The molecule has 3 heteroatoms. The molecule has 0 bridgehead atoms. The molecule has 3 aliphatic heterocycles. The van der Waals surface area contributed by atoms with E-state index in [2.05, 4.69) is 78.5 Å². The summed E-state index contributed by atoms with van der Waals surface area (Å²) < 4.78 is 5.48. The molecule has 0 atom stereocenters. The van der Waals surface area contributed by atoms with E-state index in [4.69, 9.17) is 4.74 Å². The Morgan fingerprint density at radius 3 is 2.81 bits per heavy atom. The summed E-state index contributed by atoms with van der Waals surface area (Å²) in [4.78, 5) is 2.17. The minimum absolute atomic E-state index is 0.911. The van der Waals surface area contributed by atoms with Gasteiger partial charge in [0.15, 0.2) is 0 Å². The summed E-state index contributed by atoms with van der Waals surface area (Å²) in [6.07, 6.45) is 14.3. The zero-order chi connectivity index (χ0) is 18.1. The first-order valence-electron chi connectivity index (χ1n) is 9.02. The van der Waals surface area contributed by atoms with Crippen molar-refractivity contribution in [1.29, 1.82) is 0 Å². The maximum absolute atomic E-state index is 5.48. The van der Waals surface area contributed by atoms with Crippen LogP contribution < -0.4 is 10.1 Å². The van der Waals surface area contributed by atoms with Crippen LogP contribution in [-0.4, -0.2) is 25.1 Å². The van der Waals surface area contributed by atoms with Crippen LogP contribution in [0.3, 0.4) is 0 Å². The monoisotopic (exact) mass is 344 g/mol. The molecule has 1 aromatic carbocycles. The summed E-state index contributed by atoms with van der Waals surface area (Å²) in [5.74, 6) is 0.911. The topological polar surface area (TPSA) is 24.5 Å². The standard InChI is InChI=1S/C23H24N2O/c1-16-4-5-19(14-23(16)26-3)21-12-17(2)25-15-20(6-7-22(25)13-21)18-8-10-24-11-9-18/h4-8,12-15,24H,2,9-11H2,1,3H3. The molecule has 3 nitrogen and oxygen atoms in total. The smallest absolute Gasteiger partial charge is 0.122 e. The Morgan fingerprint density at radius 1 is 1.15 bits per heavy atom. The van der Waals surface area contributed by atoms with Gasteiger partial charge in [-0.3, -0.25) is 0 Å². The van der Waals surface area contributed by atoms with Gasteiger partial charge >= 0.3 is 0 Å². The van der Waals surface area contributed by atoms with Gasteiger partial charge in [-0.25, -0.2) is 0 Å². The molecular formula is C23H24N2O. The largest absolute Gasteiger partial charge is 0.496 e. The maximum Gasteiger partial charge on any atom is 0.122 e. The van der Waals surface area contributed by atoms with Gasteiger partial charge in [-0.1, -0.05) is 30.9 Å². The molecule has 1 N–H and O–H groups in total. The van der Waals surface area contributed by atoms with Gasteiger partial charge in [-0.05, 0) is 72.0 Å². The number of hydrogen-bond acceptors (Lipinski definition) is 3. The van der Waals surface area contributed by atoms with E-state index in [1.165, 1.54) is 11.1 Å². The third kappa shape index (κ3) is 3.06. The first-order chi connectivity index (χ1) is 12.7. The molecule has 0 amide bonds. The van der Waals surface area contributed by atoms with Crippen molar-refractivity contribution in [1.82, 2.24) is 10.2 Å². The Kier molecular flexibility index (Phi) is 4.39. The Bertz CT molecular complexity index is 912. The second kappa shape index (κ2) is 6.85. The summed E-state index contributed by atoms with van der Waals surface area (Å²) in [6.45, 7) is 8.33. The average Bonchev–Trinajstić information content (AvgIpc) is 2.68. The van der Waals surface area contributed by atoms with Gasteiger partial charge in [-0.2, -0.15) is 0 Å². The van der Waals surface area contributed by atoms with Crippen molar-refractivity contribution in [2.24, 2.45) is 0 Å². The van der Waals surface area contributed by atoms with E-state index in [-0.39, 0.29) is 0 Å². The van der Waals surface area contributed by atoms with Crippen molar-refractivity contribution in [3.05, 3.63) is 95.0 Å². The van der Waals surface area contributed by atoms with E-state index in [9.17, 15) is 0 Å². The Labute approximate surface area is 155 Å². The highest BCUT2D eigenvalue weighted by molar-refractivity contribution is 5.80. The van der Waals surface area contributed by atoms with E-state index in [0.717, 1.165) is 53.4 Å². The molecule has 0 saturated heterocycles. The van der Waals surface area contributed by atoms with Crippen LogP contribution in [0.5, 0.6) is 5.75 Å². The second-order valence-electron chi connectivity index (χ2n) is 6.82. The van der Waals surface area contributed by atoms with Crippen LogP contribution in [0.4, 0.5) is 0 Å². The molecule has 3 heterocycles. The number of nitrogens with zero attached hydrogens (tertiary/aromatic N) is 1. The summed E-state index contributed by atoms with van der Waals surface area (Å²) in [5, 5.41) is 3.37. The highest BCUT2D eigenvalue weighted by Crippen LogP contribution is 2.35. The van der Waals surface area contributed by atoms with Crippen molar-refractivity contribution in [2.45, 2.75) is 13.3 Å². The predicted molar refractivity (Wildman–Crippen MR) is 108 cm³/mol. The Morgan fingerprint density at radius 2 is 2.04 bits per heavy atom. The predicted octanol–water partition coefficient (Wildman–Crippen LogP) is 4.47. The second-order valence-corrected chi connectivity index (χ2v) is 6.82. The quantitative estimate of drug-likeness (QED) is 0.875. The number of rotatable bonds is 3. The van der Waals surface area contributed by atoms with Crippen LogP contribution in [0.15, 0.2) is 83.9 Å². The van der Waals surface area contributed by atoms with Crippen molar-refractivity contribution >= 4 is 5.57 Å². The molecule has 0 fully saturated rings. The number of allylic oxidation sites excluding steroid dienone is 6. The van der Waals surface area contributed by atoms with E-state index in [1.54, 1.807) is 7.11 Å². The van der Waals surface area contributed by atoms with Gasteiger partial charge in [0, 0.05) is 24.1 Å². The SMILES string of the molecule is C=C1C=C(c2ccc(C)c(OC)c2)C=C2C=CC(C3=CCNCC3)=CN12. The van der Waals surface area contributed by atoms with Gasteiger partial charge < -0.3 is 15.0 Å². The van der Waals surface area contributed by atoms with Gasteiger partial charge in [-0.15, -0.1) is 0 Å². The van der Waals surface area contributed by atoms with Crippen LogP contribution in [0, 0.1) is 6.92 Å². The molecule has 0 spiro atoms. The van der Waals surface area contributed by atoms with Crippen molar-refractivity contribution in [3.63, 3.8) is 0 Å². The maximum atomic E-state index is 5.48. The normalized spacial score (nSPS) is 19.3. The molecule has 0 aromatic heterocycles. The molecule has 0 radical (unpaired) electrons.